The molecule has 0 aliphatic heterocycles. The molecular weight excluding hydrogens is 210 g/mol. The lowest BCUT2D eigenvalue weighted by Crippen LogP contribution is -2.46. The topological polar surface area (TPSA) is 88.2 Å². The predicted octanol–water partition coefficient (Wildman–Crippen LogP) is 0.975. The Balaban J connectivity index is 2.51. The fourth-order valence-corrected chi connectivity index (χ4v) is 1.05. The summed E-state index contributed by atoms with van der Waals surface area (Å²) in [4.78, 5) is 15.0. The normalized spacial score (nSPS) is 11.7. The van der Waals surface area contributed by atoms with Crippen molar-refractivity contribution in [2.24, 2.45) is 0 Å². The molecule has 0 aromatic carbocycles. The molecule has 0 saturated carbocycles. The minimum Gasteiger partial charge on any atom is -0.480 e. The number of aromatic nitrogens is 2. The molecule has 2 N–H and O–H groups in total. The molecule has 0 amide bonds. The van der Waals surface area contributed by atoms with Crippen LogP contribution >= 0.6 is 0 Å². The Morgan fingerprint density at radius 3 is 2.81 bits per heavy atom. The summed E-state index contributed by atoms with van der Waals surface area (Å²) < 4.78 is 4.98. The Bertz CT molecular complexity index is 360. The average Bonchev–Trinajstić information content (AvgIpc) is 2.63. The van der Waals surface area contributed by atoms with Gasteiger partial charge in [0.1, 0.15) is 5.54 Å². The predicted molar refractivity (Wildman–Crippen MR) is 56.8 cm³/mol. The summed E-state index contributed by atoms with van der Waals surface area (Å²) in [5, 5.41) is 15.5. The van der Waals surface area contributed by atoms with Crippen molar-refractivity contribution >= 4 is 5.97 Å². The summed E-state index contributed by atoms with van der Waals surface area (Å²) in [5.74, 6) is 0.162. The summed E-state index contributed by atoms with van der Waals surface area (Å²) in [7, 11) is 0. The first-order valence-corrected chi connectivity index (χ1v) is 5.25. The van der Waals surface area contributed by atoms with Gasteiger partial charge in [0, 0.05) is 6.42 Å². The summed E-state index contributed by atoms with van der Waals surface area (Å²) in [6.45, 7) is 5.48. The van der Waals surface area contributed by atoms with Gasteiger partial charge in [-0.2, -0.15) is 4.98 Å². The van der Waals surface area contributed by atoms with E-state index in [1.165, 1.54) is 0 Å². The average molecular weight is 227 g/mol. The second-order valence-electron chi connectivity index (χ2n) is 4.14. The van der Waals surface area contributed by atoms with Gasteiger partial charge < -0.3 is 9.63 Å². The Morgan fingerprint density at radius 1 is 1.56 bits per heavy atom. The van der Waals surface area contributed by atoms with Crippen molar-refractivity contribution in [3.63, 3.8) is 0 Å². The Hall–Kier alpha value is -1.43. The number of nitrogens with zero attached hydrogens (tertiary/aromatic N) is 2. The summed E-state index contributed by atoms with van der Waals surface area (Å²) >= 11 is 0. The number of carboxylic acid groups (broad SMARTS) is 1. The number of rotatable bonds is 6. The van der Waals surface area contributed by atoms with E-state index in [0.717, 1.165) is 12.8 Å². The van der Waals surface area contributed by atoms with Gasteiger partial charge in [-0.25, -0.2) is 0 Å². The molecule has 6 nitrogen and oxygen atoms in total. The fourth-order valence-electron chi connectivity index (χ4n) is 1.05. The lowest BCUT2D eigenvalue weighted by atomic mass is 10.1. The van der Waals surface area contributed by atoms with Crippen molar-refractivity contribution in [1.29, 1.82) is 0 Å². The molecule has 0 radical (unpaired) electrons. The third-order valence-corrected chi connectivity index (χ3v) is 2.20. The van der Waals surface area contributed by atoms with Gasteiger partial charge in [0.05, 0.1) is 6.54 Å². The molecule has 1 aromatic heterocycles. The molecule has 0 unspecified atom stereocenters. The maximum atomic E-state index is 10.8. The molecule has 6 heteroatoms. The third-order valence-electron chi connectivity index (χ3n) is 2.20. The largest absolute Gasteiger partial charge is 0.480 e. The van der Waals surface area contributed by atoms with Crippen LogP contribution in [-0.4, -0.2) is 26.8 Å². The van der Waals surface area contributed by atoms with Crippen molar-refractivity contribution in [2.75, 3.05) is 0 Å². The molecule has 0 aliphatic rings. The van der Waals surface area contributed by atoms with Crippen molar-refractivity contribution in [3.05, 3.63) is 11.7 Å². The molecule has 0 fully saturated rings. The number of nitrogens with one attached hydrogen (secondary N) is 1. The van der Waals surface area contributed by atoms with Crippen molar-refractivity contribution in [1.82, 2.24) is 15.5 Å². The smallest absolute Gasteiger partial charge is 0.323 e. The molecule has 0 bridgehead atoms. The summed E-state index contributed by atoms with van der Waals surface area (Å²) in [6.07, 6.45) is 1.69. The Kier molecular flexibility index (Phi) is 4.00. The molecule has 0 saturated heterocycles. The van der Waals surface area contributed by atoms with Crippen molar-refractivity contribution < 1.29 is 14.4 Å². The SMILES string of the molecule is CCCc1nc(CNC(C)(C)C(=O)O)no1. The van der Waals surface area contributed by atoms with E-state index < -0.39 is 11.5 Å². The maximum Gasteiger partial charge on any atom is 0.323 e. The molecule has 0 atom stereocenters. The molecule has 1 heterocycles. The zero-order chi connectivity index (χ0) is 12.2. The van der Waals surface area contributed by atoms with Crippen LogP contribution in [-0.2, 0) is 17.8 Å². The standard InChI is InChI=1S/C10H17N3O3/c1-4-5-8-12-7(13-16-8)6-11-10(2,3)9(14)15/h11H,4-6H2,1-3H3,(H,14,15). The van der Waals surface area contributed by atoms with Gasteiger partial charge >= 0.3 is 5.97 Å². The second kappa shape index (κ2) is 5.07. The quantitative estimate of drug-likeness (QED) is 0.753. The molecule has 90 valence electrons. The van der Waals surface area contributed by atoms with E-state index in [9.17, 15) is 4.79 Å². The van der Waals surface area contributed by atoms with Gasteiger partial charge in [-0.3, -0.25) is 10.1 Å². The Morgan fingerprint density at radius 2 is 2.25 bits per heavy atom. The van der Waals surface area contributed by atoms with E-state index in [1.54, 1.807) is 13.8 Å². The van der Waals surface area contributed by atoms with Crippen LogP contribution in [0.1, 0.15) is 38.9 Å². The van der Waals surface area contributed by atoms with Crippen molar-refractivity contribution in [2.45, 2.75) is 45.7 Å². The molecule has 1 aromatic rings. The molecule has 0 aliphatic carbocycles. The van der Waals surface area contributed by atoms with Crippen LogP contribution < -0.4 is 5.32 Å². The van der Waals surface area contributed by atoms with Crippen LogP contribution in [0.25, 0.3) is 0 Å². The summed E-state index contributed by atoms with van der Waals surface area (Å²) in [5.41, 5.74) is -0.994. The van der Waals surface area contributed by atoms with Crippen LogP contribution in [0.3, 0.4) is 0 Å². The highest BCUT2D eigenvalue weighted by Crippen LogP contribution is 2.05. The molecule has 1 rings (SSSR count). The van der Waals surface area contributed by atoms with E-state index >= 15 is 0 Å². The second-order valence-corrected chi connectivity index (χ2v) is 4.14. The van der Waals surface area contributed by atoms with E-state index in [-0.39, 0.29) is 6.54 Å². The zero-order valence-electron chi connectivity index (χ0n) is 9.78. The van der Waals surface area contributed by atoms with E-state index in [0.29, 0.717) is 11.7 Å². The van der Waals surface area contributed by atoms with Crippen LogP contribution in [0.2, 0.25) is 0 Å². The first-order chi connectivity index (χ1) is 7.45. The monoisotopic (exact) mass is 227 g/mol. The van der Waals surface area contributed by atoms with Crippen molar-refractivity contribution in [3.8, 4) is 0 Å². The van der Waals surface area contributed by atoms with Crippen LogP contribution in [0.4, 0.5) is 0 Å². The minimum absolute atomic E-state index is 0.284. The van der Waals surface area contributed by atoms with Gasteiger partial charge in [0.15, 0.2) is 5.82 Å². The van der Waals surface area contributed by atoms with Crippen LogP contribution in [0.5, 0.6) is 0 Å². The van der Waals surface area contributed by atoms with E-state index in [2.05, 4.69) is 15.5 Å². The lowest BCUT2D eigenvalue weighted by Gasteiger charge is -2.19. The number of carboxylic acids is 1. The number of aliphatic carboxylic acids is 1. The highest BCUT2D eigenvalue weighted by molar-refractivity contribution is 5.77. The lowest BCUT2D eigenvalue weighted by molar-refractivity contribution is -0.143. The van der Waals surface area contributed by atoms with Gasteiger partial charge in [-0.1, -0.05) is 12.1 Å². The van der Waals surface area contributed by atoms with Gasteiger partial charge in [0.2, 0.25) is 5.89 Å². The molecule has 16 heavy (non-hydrogen) atoms. The van der Waals surface area contributed by atoms with E-state index in [4.69, 9.17) is 9.63 Å². The van der Waals surface area contributed by atoms with Crippen LogP contribution in [0, 0.1) is 0 Å². The third kappa shape index (κ3) is 3.30. The van der Waals surface area contributed by atoms with Crippen LogP contribution in [0.15, 0.2) is 4.52 Å². The fraction of sp³-hybridized carbons (Fsp3) is 0.700. The number of carbonyl (C=O) groups is 1. The maximum absolute atomic E-state index is 10.8. The minimum atomic E-state index is -0.994. The number of hydrogen-bond acceptors (Lipinski definition) is 5. The molecule has 0 spiro atoms. The van der Waals surface area contributed by atoms with Gasteiger partial charge in [-0.15, -0.1) is 0 Å². The van der Waals surface area contributed by atoms with Gasteiger partial charge in [-0.05, 0) is 20.3 Å². The van der Waals surface area contributed by atoms with Gasteiger partial charge in [0.25, 0.3) is 0 Å². The van der Waals surface area contributed by atoms with E-state index in [1.807, 2.05) is 6.92 Å². The number of aryl methyl sites for hydroxylation is 1. The highest BCUT2D eigenvalue weighted by atomic mass is 16.5. The Labute approximate surface area is 94.0 Å². The zero-order valence-corrected chi connectivity index (χ0v) is 9.78. The first kappa shape index (κ1) is 12.6. The first-order valence-electron chi connectivity index (χ1n) is 5.25. The highest BCUT2D eigenvalue weighted by Gasteiger charge is 2.26. The summed E-state index contributed by atoms with van der Waals surface area (Å²) in [6, 6.07) is 0. The molecular formula is C10H17N3O3. The number of hydrogen-bond donors (Lipinski definition) is 2.